The Kier molecular flexibility index (Phi) is 5.49. The minimum absolute atomic E-state index is 0.0998. The van der Waals surface area contributed by atoms with Crippen LogP contribution in [0.1, 0.15) is 10.4 Å². The van der Waals surface area contributed by atoms with Gasteiger partial charge in [0.25, 0.3) is 5.91 Å². The Morgan fingerprint density at radius 2 is 1.46 bits per heavy atom. The van der Waals surface area contributed by atoms with E-state index in [1.54, 1.807) is 0 Å². The maximum absolute atomic E-state index is 12.6. The van der Waals surface area contributed by atoms with Crippen LogP contribution in [-0.2, 0) is 0 Å². The monoisotopic (exact) mass is 391 g/mol. The Labute approximate surface area is 170 Å². The van der Waals surface area contributed by atoms with E-state index in [1.807, 2.05) is 77.7 Å². The van der Waals surface area contributed by atoms with E-state index in [9.17, 15) is 4.79 Å². The molecular weight excluding hydrogens is 370 g/mol. The van der Waals surface area contributed by atoms with Crippen LogP contribution >= 0.6 is 11.6 Å². The molecule has 3 aromatic carbocycles. The van der Waals surface area contributed by atoms with Crippen molar-refractivity contribution >= 4 is 34.6 Å². The average Bonchev–Trinajstić information content (AvgIpc) is 2.76. The normalized spacial score (nSPS) is 14.0. The number of carbonyl (C=O) groups excluding carboxylic acids is 1. The van der Waals surface area contributed by atoms with Crippen LogP contribution in [0.5, 0.6) is 0 Å². The highest BCUT2D eigenvalue weighted by Crippen LogP contribution is 2.30. The molecule has 5 heteroatoms. The van der Waals surface area contributed by atoms with Crippen molar-refractivity contribution in [1.82, 2.24) is 4.90 Å². The Balaban J connectivity index is 1.43. The molecule has 0 unspecified atom stereocenters. The molecule has 0 bridgehead atoms. The number of rotatable bonds is 4. The van der Waals surface area contributed by atoms with Gasteiger partial charge in [0.2, 0.25) is 0 Å². The van der Waals surface area contributed by atoms with Crippen molar-refractivity contribution < 1.29 is 4.79 Å². The van der Waals surface area contributed by atoms with E-state index >= 15 is 0 Å². The molecule has 0 atom stereocenters. The molecule has 0 aliphatic carbocycles. The zero-order chi connectivity index (χ0) is 19.3. The van der Waals surface area contributed by atoms with Gasteiger partial charge in [0.15, 0.2) is 0 Å². The van der Waals surface area contributed by atoms with E-state index < -0.39 is 0 Å². The van der Waals surface area contributed by atoms with Gasteiger partial charge in [0.1, 0.15) is 0 Å². The van der Waals surface area contributed by atoms with Gasteiger partial charge in [0.05, 0.1) is 10.7 Å². The molecule has 4 nitrogen and oxygen atoms in total. The first-order valence-electron chi connectivity index (χ1n) is 9.41. The van der Waals surface area contributed by atoms with Crippen molar-refractivity contribution in [2.45, 2.75) is 0 Å². The predicted molar refractivity (Wildman–Crippen MR) is 116 cm³/mol. The largest absolute Gasteiger partial charge is 0.368 e. The molecule has 0 radical (unpaired) electrons. The van der Waals surface area contributed by atoms with Crippen LogP contribution in [0.3, 0.4) is 0 Å². The number of anilines is 3. The SMILES string of the molecule is O=C(c1ccccc1)N1CCN(c2ccc(Cl)c(Nc3ccccc3)c2)CC1. The quantitative estimate of drug-likeness (QED) is 0.676. The van der Waals surface area contributed by atoms with Crippen LogP contribution in [0, 0.1) is 0 Å². The number of benzene rings is 3. The second kappa shape index (κ2) is 8.36. The van der Waals surface area contributed by atoms with Gasteiger partial charge in [0, 0.05) is 43.1 Å². The predicted octanol–water partition coefficient (Wildman–Crippen LogP) is 5.05. The summed E-state index contributed by atoms with van der Waals surface area (Å²) in [7, 11) is 0. The van der Waals surface area contributed by atoms with E-state index in [1.165, 1.54) is 0 Å². The lowest BCUT2D eigenvalue weighted by atomic mass is 10.1. The molecule has 1 heterocycles. The summed E-state index contributed by atoms with van der Waals surface area (Å²) in [4.78, 5) is 16.8. The van der Waals surface area contributed by atoms with Crippen LogP contribution < -0.4 is 10.2 Å². The summed E-state index contributed by atoms with van der Waals surface area (Å²) >= 11 is 6.38. The van der Waals surface area contributed by atoms with E-state index in [4.69, 9.17) is 11.6 Å². The second-order valence-electron chi connectivity index (χ2n) is 6.80. The first-order valence-corrected chi connectivity index (χ1v) is 9.79. The maximum atomic E-state index is 12.6. The van der Waals surface area contributed by atoms with Gasteiger partial charge in [-0.25, -0.2) is 0 Å². The first kappa shape index (κ1) is 18.4. The van der Waals surface area contributed by atoms with E-state index in [-0.39, 0.29) is 5.91 Å². The second-order valence-corrected chi connectivity index (χ2v) is 7.21. The number of halogens is 1. The smallest absolute Gasteiger partial charge is 0.253 e. The first-order chi connectivity index (χ1) is 13.7. The van der Waals surface area contributed by atoms with Crippen LogP contribution in [-0.4, -0.2) is 37.0 Å². The van der Waals surface area contributed by atoms with Crippen molar-refractivity contribution in [1.29, 1.82) is 0 Å². The topological polar surface area (TPSA) is 35.6 Å². The zero-order valence-corrected chi connectivity index (χ0v) is 16.3. The molecule has 1 aliphatic heterocycles. The minimum Gasteiger partial charge on any atom is -0.368 e. The van der Waals surface area contributed by atoms with Gasteiger partial charge in [-0.3, -0.25) is 4.79 Å². The third kappa shape index (κ3) is 4.12. The number of para-hydroxylation sites is 1. The van der Waals surface area contributed by atoms with E-state index in [0.29, 0.717) is 18.1 Å². The van der Waals surface area contributed by atoms with E-state index in [2.05, 4.69) is 16.3 Å². The van der Waals surface area contributed by atoms with Gasteiger partial charge in [-0.2, -0.15) is 0 Å². The lowest BCUT2D eigenvalue weighted by molar-refractivity contribution is 0.0747. The fourth-order valence-electron chi connectivity index (χ4n) is 3.41. The summed E-state index contributed by atoms with van der Waals surface area (Å²) in [6.07, 6.45) is 0. The Morgan fingerprint density at radius 3 is 2.14 bits per heavy atom. The van der Waals surface area contributed by atoms with Crippen LogP contribution in [0.25, 0.3) is 0 Å². The minimum atomic E-state index is 0.0998. The number of nitrogens with one attached hydrogen (secondary N) is 1. The molecule has 0 saturated carbocycles. The highest BCUT2D eigenvalue weighted by molar-refractivity contribution is 6.33. The van der Waals surface area contributed by atoms with E-state index in [0.717, 1.165) is 35.7 Å². The highest BCUT2D eigenvalue weighted by Gasteiger charge is 2.22. The van der Waals surface area contributed by atoms with Crippen molar-refractivity contribution in [3.63, 3.8) is 0 Å². The summed E-state index contributed by atoms with van der Waals surface area (Å²) in [6.45, 7) is 3.01. The summed E-state index contributed by atoms with van der Waals surface area (Å²) < 4.78 is 0. The standard InChI is InChI=1S/C23H22ClN3O/c24-21-12-11-20(17-22(21)25-19-9-5-2-6-10-19)26-13-15-27(16-14-26)23(28)18-7-3-1-4-8-18/h1-12,17,25H,13-16H2. The van der Waals surface area contributed by atoms with Crippen LogP contribution in [0.2, 0.25) is 5.02 Å². The Bertz CT molecular complexity index is 939. The van der Waals surface area contributed by atoms with Gasteiger partial charge in [-0.15, -0.1) is 0 Å². The third-order valence-electron chi connectivity index (χ3n) is 4.96. The van der Waals surface area contributed by atoms with Gasteiger partial charge in [-0.1, -0.05) is 48.0 Å². The highest BCUT2D eigenvalue weighted by atomic mass is 35.5. The third-order valence-corrected chi connectivity index (χ3v) is 5.29. The number of piperazine rings is 1. The van der Waals surface area contributed by atoms with Crippen LogP contribution in [0.15, 0.2) is 78.9 Å². The molecule has 1 N–H and O–H groups in total. The fourth-order valence-corrected chi connectivity index (χ4v) is 3.58. The molecule has 142 valence electrons. The Hall–Kier alpha value is -2.98. The summed E-state index contributed by atoms with van der Waals surface area (Å²) in [5.74, 6) is 0.0998. The van der Waals surface area contributed by atoms with Gasteiger partial charge >= 0.3 is 0 Å². The molecular formula is C23H22ClN3O. The summed E-state index contributed by atoms with van der Waals surface area (Å²) in [5, 5.41) is 4.06. The van der Waals surface area contributed by atoms with Crippen LogP contribution in [0.4, 0.5) is 17.1 Å². The van der Waals surface area contributed by atoms with Gasteiger partial charge < -0.3 is 15.1 Å². The van der Waals surface area contributed by atoms with Crippen molar-refractivity contribution in [2.24, 2.45) is 0 Å². The molecule has 1 aliphatic rings. The molecule has 1 amide bonds. The molecule has 1 fully saturated rings. The molecule has 28 heavy (non-hydrogen) atoms. The number of hydrogen-bond donors (Lipinski definition) is 1. The maximum Gasteiger partial charge on any atom is 0.253 e. The molecule has 3 aromatic rings. The number of hydrogen-bond acceptors (Lipinski definition) is 3. The van der Waals surface area contributed by atoms with Crippen molar-refractivity contribution in [3.8, 4) is 0 Å². The molecule has 4 rings (SSSR count). The van der Waals surface area contributed by atoms with Gasteiger partial charge in [-0.05, 0) is 42.5 Å². The average molecular weight is 392 g/mol. The summed E-state index contributed by atoms with van der Waals surface area (Å²) in [5.41, 5.74) is 3.74. The number of amides is 1. The number of carbonyl (C=O) groups is 1. The lowest BCUT2D eigenvalue weighted by Gasteiger charge is -2.36. The molecule has 0 spiro atoms. The zero-order valence-electron chi connectivity index (χ0n) is 15.5. The lowest BCUT2D eigenvalue weighted by Crippen LogP contribution is -2.48. The summed E-state index contributed by atoms with van der Waals surface area (Å²) in [6, 6.07) is 25.5. The molecule has 1 saturated heterocycles. The fraction of sp³-hybridized carbons (Fsp3) is 0.174. The Morgan fingerprint density at radius 1 is 0.821 bits per heavy atom. The van der Waals surface area contributed by atoms with Crippen molar-refractivity contribution in [3.05, 3.63) is 89.4 Å². The number of nitrogens with zero attached hydrogens (tertiary/aromatic N) is 2. The van der Waals surface area contributed by atoms with Crippen molar-refractivity contribution in [2.75, 3.05) is 36.4 Å². The molecule has 0 aromatic heterocycles.